The van der Waals surface area contributed by atoms with Gasteiger partial charge in [0.15, 0.2) is 0 Å². The summed E-state index contributed by atoms with van der Waals surface area (Å²) in [6.07, 6.45) is 1.39. The van der Waals surface area contributed by atoms with Crippen LogP contribution in [0.2, 0.25) is 0 Å². The van der Waals surface area contributed by atoms with Gasteiger partial charge in [-0.3, -0.25) is 0 Å². The smallest absolute Gasteiger partial charge is 0.449 e. The van der Waals surface area contributed by atoms with E-state index in [9.17, 15) is 4.79 Å². The van der Waals surface area contributed by atoms with Gasteiger partial charge >= 0.3 is 13.2 Å². The first-order valence-corrected chi connectivity index (χ1v) is 10.4. The first-order chi connectivity index (χ1) is 14.3. The van der Waals surface area contributed by atoms with Crippen molar-refractivity contribution in [3.8, 4) is 11.1 Å². The largest absolute Gasteiger partial charge is 0.486 e. The van der Waals surface area contributed by atoms with Crippen molar-refractivity contribution in [1.29, 1.82) is 0 Å². The molecule has 1 amide bonds. The molecule has 6 heteroatoms. The second-order valence-corrected chi connectivity index (χ2v) is 8.76. The van der Waals surface area contributed by atoms with Gasteiger partial charge < -0.3 is 19.4 Å². The van der Waals surface area contributed by atoms with Gasteiger partial charge in [-0.1, -0.05) is 60.6 Å². The Morgan fingerprint density at radius 1 is 1.00 bits per heavy atom. The van der Waals surface area contributed by atoms with Crippen LogP contribution in [-0.2, 0) is 14.0 Å². The van der Waals surface area contributed by atoms with Gasteiger partial charge in [-0.15, -0.1) is 0 Å². The maximum Gasteiger partial charge on any atom is 0.486 e. The molecule has 2 aromatic carbocycles. The highest BCUT2D eigenvalue weighted by Crippen LogP contribution is 2.44. The monoisotopic (exact) mass is 405 g/mol. The van der Waals surface area contributed by atoms with Crippen LogP contribution < -0.4 is 5.32 Å². The number of fused-ring (bicyclic) bond motifs is 3. The lowest BCUT2D eigenvalue weighted by Gasteiger charge is -2.32. The molecule has 0 aromatic heterocycles. The molecule has 1 N–H and O–H groups in total. The predicted octanol–water partition coefficient (Wildman–Crippen LogP) is 4.71. The van der Waals surface area contributed by atoms with E-state index in [1.807, 2.05) is 64.0 Å². The molecule has 30 heavy (non-hydrogen) atoms. The van der Waals surface area contributed by atoms with Crippen LogP contribution in [0.3, 0.4) is 0 Å². The van der Waals surface area contributed by atoms with Gasteiger partial charge in [0.2, 0.25) is 0 Å². The maximum absolute atomic E-state index is 12.2. The lowest BCUT2D eigenvalue weighted by molar-refractivity contribution is 0.00578. The molecule has 4 rings (SSSR count). The van der Waals surface area contributed by atoms with Crippen molar-refractivity contribution in [3.05, 3.63) is 71.7 Å². The number of nitrogens with one attached hydrogen (secondary N) is 1. The lowest BCUT2D eigenvalue weighted by atomic mass is 9.90. The predicted molar refractivity (Wildman–Crippen MR) is 118 cm³/mol. The first-order valence-electron chi connectivity index (χ1n) is 10.4. The SMILES string of the molecule is CC1(C)OB(C=CCNC(=O)OCC2c3ccccc3-c3ccccc32)OC1(C)C. The van der Waals surface area contributed by atoms with E-state index in [1.54, 1.807) is 0 Å². The Morgan fingerprint density at radius 2 is 1.53 bits per heavy atom. The van der Waals surface area contributed by atoms with E-state index in [4.69, 9.17) is 14.0 Å². The van der Waals surface area contributed by atoms with Gasteiger partial charge in [0.1, 0.15) is 6.61 Å². The van der Waals surface area contributed by atoms with Crippen molar-refractivity contribution in [3.63, 3.8) is 0 Å². The molecule has 0 spiro atoms. The van der Waals surface area contributed by atoms with Crippen LogP contribution in [0.4, 0.5) is 4.79 Å². The molecule has 0 bridgehead atoms. The fourth-order valence-electron chi connectivity index (χ4n) is 3.94. The van der Waals surface area contributed by atoms with Crippen molar-refractivity contribution in [2.24, 2.45) is 0 Å². The molecule has 156 valence electrons. The number of carbonyl (C=O) groups is 1. The average Bonchev–Trinajstić information content (AvgIpc) is 3.13. The van der Waals surface area contributed by atoms with E-state index in [0.717, 1.165) is 0 Å². The molecule has 1 fully saturated rings. The number of hydrogen-bond donors (Lipinski definition) is 1. The van der Waals surface area contributed by atoms with Crippen LogP contribution >= 0.6 is 0 Å². The fourth-order valence-corrected chi connectivity index (χ4v) is 3.94. The van der Waals surface area contributed by atoms with Gasteiger partial charge in [0.25, 0.3) is 0 Å². The van der Waals surface area contributed by atoms with E-state index < -0.39 is 13.2 Å². The van der Waals surface area contributed by atoms with Crippen molar-refractivity contribution < 1.29 is 18.8 Å². The maximum atomic E-state index is 12.2. The van der Waals surface area contributed by atoms with E-state index in [-0.39, 0.29) is 17.1 Å². The van der Waals surface area contributed by atoms with Gasteiger partial charge in [0, 0.05) is 12.5 Å². The molecule has 0 atom stereocenters. The van der Waals surface area contributed by atoms with E-state index in [0.29, 0.717) is 13.2 Å². The zero-order valence-electron chi connectivity index (χ0n) is 18.0. The van der Waals surface area contributed by atoms with E-state index in [2.05, 4.69) is 29.6 Å². The van der Waals surface area contributed by atoms with Crippen LogP contribution in [0.1, 0.15) is 44.7 Å². The van der Waals surface area contributed by atoms with Crippen LogP contribution in [0, 0.1) is 0 Å². The molecule has 1 saturated heterocycles. The Morgan fingerprint density at radius 3 is 2.10 bits per heavy atom. The Labute approximate surface area is 178 Å². The summed E-state index contributed by atoms with van der Waals surface area (Å²) in [6.45, 7) is 8.69. The molecular weight excluding hydrogens is 377 g/mol. The molecule has 2 aliphatic rings. The third-order valence-electron chi connectivity index (χ3n) is 6.27. The standard InChI is InChI=1S/C24H28BNO4/c1-23(2)24(3,4)30-25(29-23)14-9-15-26-22(27)28-16-21-19-12-7-5-10-17(19)18-11-6-8-13-20(18)21/h5-14,21H,15-16H2,1-4H3,(H,26,27). The third-order valence-corrected chi connectivity index (χ3v) is 6.27. The third kappa shape index (κ3) is 3.90. The summed E-state index contributed by atoms with van der Waals surface area (Å²) < 4.78 is 17.3. The first kappa shape index (κ1) is 20.7. The number of rotatable bonds is 5. The van der Waals surface area contributed by atoms with Crippen molar-refractivity contribution in [2.75, 3.05) is 13.2 Å². The van der Waals surface area contributed by atoms with Gasteiger partial charge in [0.05, 0.1) is 11.2 Å². The summed E-state index contributed by atoms with van der Waals surface area (Å²) in [5.41, 5.74) is 4.09. The molecule has 0 unspecified atom stereocenters. The molecule has 1 aliphatic carbocycles. The number of alkyl carbamates (subject to hydrolysis) is 1. The number of benzene rings is 2. The fraction of sp³-hybridized carbons (Fsp3) is 0.375. The number of carbonyl (C=O) groups excluding carboxylic acids is 1. The molecular formula is C24H28BNO4. The molecule has 5 nitrogen and oxygen atoms in total. The highest BCUT2D eigenvalue weighted by molar-refractivity contribution is 6.51. The Hall–Kier alpha value is -2.57. The van der Waals surface area contributed by atoms with Crippen molar-refractivity contribution in [2.45, 2.75) is 44.8 Å². The molecule has 0 saturated carbocycles. The normalized spacial score (nSPS) is 19.0. The zero-order chi connectivity index (χ0) is 21.4. The van der Waals surface area contributed by atoms with Crippen LogP contribution in [0.5, 0.6) is 0 Å². The quantitative estimate of drug-likeness (QED) is 0.732. The second-order valence-electron chi connectivity index (χ2n) is 8.76. The van der Waals surface area contributed by atoms with Gasteiger partial charge in [-0.25, -0.2) is 4.79 Å². The Kier molecular flexibility index (Phi) is 5.47. The second kappa shape index (κ2) is 7.93. The van der Waals surface area contributed by atoms with Crippen LogP contribution in [0.25, 0.3) is 11.1 Å². The number of ether oxygens (including phenoxy) is 1. The molecule has 2 aromatic rings. The van der Waals surface area contributed by atoms with Crippen LogP contribution in [-0.4, -0.2) is 37.6 Å². The lowest BCUT2D eigenvalue weighted by Crippen LogP contribution is -2.41. The number of amides is 1. The topological polar surface area (TPSA) is 56.8 Å². The minimum Gasteiger partial charge on any atom is -0.449 e. The average molecular weight is 405 g/mol. The highest BCUT2D eigenvalue weighted by Gasteiger charge is 2.49. The molecule has 1 aliphatic heterocycles. The highest BCUT2D eigenvalue weighted by atomic mass is 16.7. The zero-order valence-corrected chi connectivity index (χ0v) is 18.0. The summed E-state index contributed by atoms with van der Waals surface area (Å²) in [4.78, 5) is 12.2. The summed E-state index contributed by atoms with van der Waals surface area (Å²) in [7, 11) is -0.417. The summed E-state index contributed by atoms with van der Waals surface area (Å²) in [5.74, 6) is 1.88. The van der Waals surface area contributed by atoms with Gasteiger partial charge in [-0.2, -0.15) is 0 Å². The van der Waals surface area contributed by atoms with Gasteiger partial charge in [-0.05, 0) is 49.9 Å². The summed E-state index contributed by atoms with van der Waals surface area (Å²) in [6, 6.07) is 16.6. The summed E-state index contributed by atoms with van der Waals surface area (Å²) in [5, 5.41) is 2.76. The van der Waals surface area contributed by atoms with Crippen molar-refractivity contribution >= 4 is 13.2 Å². The van der Waals surface area contributed by atoms with Crippen molar-refractivity contribution in [1.82, 2.24) is 5.32 Å². The Balaban J connectivity index is 1.29. The Bertz CT molecular complexity index is 908. The minimum absolute atomic E-state index is 0.0587. The molecule has 1 heterocycles. The summed E-state index contributed by atoms with van der Waals surface area (Å²) >= 11 is 0. The molecule has 0 radical (unpaired) electrons. The van der Waals surface area contributed by atoms with E-state index in [1.165, 1.54) is 22.3 Å². The van der Waals surface area contributed by atoms with E-state index >= 15 is 0 Å². The number of hydrogen-bond acceptors (Lipinski definition) is 4. The van der Waals surface area contributed by atoms with Crippen LogP contribution in [0.15, 0.2) is 60.6 Å². The minimum atomic E-state index is -0.435.